The molecule has 348 valence electrons. The quantitative estimate of drug-likeness (QED) is 0.0580. The van der Waals surface area contributed by atoms with Gasteiger partial charge in [-0.1, -0.05) is 100 Å². The van der Waals surface area contributed by atoms with Crippen LogP contribution in [0.4, 0.5) is 0 Å². The number of aliphatic hydroxyl groups excluding tert-OH is 1. The Bertz CT molecular complexity index is 2250. The van der Waals surface area contributed by atoms with Gasteiger partial charge in [0.1, 0.15) is 36.3 Å². The zero-order chi connectivity index (χ0) is 46.9. The van der Waals surface area contributed by atoms with Crippen LogP contribution in [0.25, 0.3) is 10.9 Å². The van der Waals surface area contributed by atoms with Crippen molar-refractivity contribution in [3.8, 4) is 0 Å². The molecule has 1 aliphatic rings. The highest BCUT2D eigenvalue weighted by Crippen LogP contribution is 2.24. The van der Waals surface area contributed by atoms with Crippen LogP contribution in [0.5, 0.6) is 0 Å². The molecule has 14 N–H and O–H groups in total. The summed E-state index contributed by atoms with van der Waals surface area (Å²) >= 11 is 0. The van der Waals surface area contributed by atoms with Crippen molar-refractivity contribution in [2.75, 3.05) is 18.1 Å². The first-order chi connectivity index (χ1) is 31.2. The van der Waals surface area contributed by atoms with E-state index in [-0.39, 0.29) is 37.2 Å². The number of H-pyrrole nitrogens is 1. The molecule has 0 bridgehead atoms. The highest BCUT2D eigenvalue weighted by Gasteiger charge is 2.35. The Morgan fingerprint density at radius 1 is 0.723 bits per heavy atom. The molecule has 2 heterocycles. The maximum Gasteiger partial charge on any atom is 0.245 e. The molecule has 0 spiro atoms. The minimum absolute atomic E-state index is 0.0131. The van der Waals surface area contributed by atoms with Gasteiger partial charge in [-0.05, 0) is 61.9 Å². The summed E-state index contributed by atoms with van der Waals surface area (Å²) in [6.07, 6.45) is 1.31. The zero-order valence-corrected chi connectivity index (χ0v) is 37.6. The van der Waals surface area contributed by atoms with E-state index in [9.17, 15) is 38.7 Å². The number of hydrogen-bond acceptors (Lipinski definition) is 12. The molecule has 1 saturated heterocycles. The maximum atomic E-state index is 14.6. The highest BCUT2D eigenvalue weighted by molar-refractivity contribution is 8.76. The number of carbonyl (C=O) groups excluding carboxylic acids is 7. The Hall–Kier alpha value is -5.93. The number of para-hydroxylation sites is 1. The molecular weight excluding hydrogens is 873 g/mol. The third kappa shape index (κ3) is 15.1. The Kier molecular flexibility index (Phi) is 19.2. The van der Waals surface area contributed by atoms with Gasteiger partial charge in [-0.25, -0.2) is 0 Å². The van der Waals surface area contributed by atoms with E-state index in [0.717, 1.165) is 38.1 Å². The molecule has 8 atom stereocenters. The minimum Gasteiger partial charge on any atom is -0.391 e. The predicted molar refractivity (Wildman–Crippen MR) is 251 cm³/mol. The van der Waals surface area contributed by atoms with Crippen molar-refractivity contribution in [2.24, 2.45) is 17.2 Å². The van der Waals surface area contributed by atoms with E-state index in [1.165, 1.54) is 6.92 Å². The van der Waals surface area contributed by atoms with Crippen molar-refractivity contribution < 1.29 is 38.7 Å². The number of aliphatic hydroxyl groups is 1. The number of rotatable bonds is 14. The second-order valence-electron chi connectivity index (χ2n) is 15.8. The van der Waals surface area contributed by atoms with Gasteiger partial charge >= 0.3 is 0 Å². The van der Waals surface area contributed by atoms with Crippen LogP contribution < -0.4 is 49.1 Å². The molecule has 0 saturated carbocycles. The molecule has 1 fully saturated rings. The minimum atomic E-state index is -1.58. The summed E-state index contributed by atoms with van der Waals surface area (Å²) in [7, 11) is 2.14. The van der Waals surface area contributed by atoms with Gasteiger partial charge in [0, 0.05) is 41.4 Å². The molecule has 18 nitrogen and oxygen atoms in total. The molecular formula is C45H58N10O8S2. The van der Waals surface area contributed by atoms with Crippen LogP contribution >= 0.6 is 21.6 Å². The number of nitrogens with two attached hydrogens (primary N) is 3. The number of fused-ring (bicyclic) bond motifs is 1. The van der Waals surface area contributed by atoms with E-state index >= 15 is 0 Å². The molecule has 1 aliphatic heterocycles. The molecule has 65 heavy (non-hydrogen) atoms. The summed E-state index contributed by atoms with van der Waals surface area (Å²) < 4.78 is 0. The fourth-order valence-corrected chi connectivity index (χ4v) is 9.48. The summed E-state index contributed by atoms with van der Waals surface area (Å²) in [4.78, 5) is 100. The first-order valence-electron chi connectivity index (χ1n) is 21.4. The van der Waals surface area contributed by atoms with E-state index in [1.807, 2.05) is 54.6 Å². The fraction of sp³-hybridized carbons (Fsp3) is 0.400. The summed E-state index contributed by atoms with van der Waals surface area (Å²) in [5.41, 5.74) is 20.7. The van der Waals surface area contributed by atoms with Gasteiger partial charge in [0.25, 0.3) is 0 Å². The maximum absolute atomic E-state index is 14.6. The van der Waals surface area contributed by atoms with Crippen molar-refractivity contribution in [1.82, 2.24) is 36.9 Å². The van der Waals surface area contributed by atoms with Crippen LogP contribution in [0.3, 0.4) is 0 Å². The molecule has 5 rings (SSSR count). The number of unbranched alkanes of at least 4 members (excludes halogenated alkanes) is 1. The third-order valence-corrected chi connectivity index (χ3v) is 13.2. The number of aromatic amines is 1. The number of aromatic nitrogens is 1. The molecule has 4 aromatic rings. The lowest BCUT2D eigenvalue weighted by atomic mass is 10.0. The lowest BCUT2D eigenvalue weighted by molar-refractivity contribution is -0.136. The van der Waals surface area contributed by atoms with Gasteiger partial charge < -0.3 is 59.2 Å². The summed E-state index contributed by atoms with van der Waals surface area (Å²) in [6.45, 7) is 1.57. The van der Waals surface area contributed by atoms with Crippen LogP contribution in [0.1, 0.15) is 42.9 Å². The van der Waals surface area contributed by atoms with Crippen molar-refractivity contribution in [3.05, 3.63) is 108 Å². The number of primary amides is 1. The SMILES string of the molecule is C[C@@H](O)[C@@H]1NC(=O)[C@H](CCCCN)NC(=O)C(Cc2c[nH]c3ccccc23)NC(=O)[C@H](Cc2ccccc2)NC(=O)C(NC(=O)[C@H](N)Cc2ccccc2)CSSCC(C(N)=O)NC1=O. The normalized spacial score (nSPS) is 22.9. The molecule has 3 unspecified atom stereocenters. The summed E-state index contributed by atoms with van der Waals surface area (Å²) in [5, 5.41) is 27.6. The summed E-state index contributed by atoms with van der Waals surface area (Å²) in [5.74, 6) is -5.72. The average molecular weight is 931 g/mol. The average Bonchev–Trinajstić information content (AvgIpc) is 3.70. The third-order valence-electron chi connectivity index (χ3n) is 10.8. The number of hydrogen-bond donors (Lipinski definition) is 11. The summed E-state index contributed by atoms with van der Waals surface area (Å²) in [6, 6.07) is 16.3. The standard InChI is InChI=1S/C45H58N10O8S2/c1-26(56)38-45(63)53-36(39(48)57)24-64-65-25-37(54-40(58)31(47)20-27-12-4-2-5-13-27)44(62)51-34(21-28-14-6-3-7-15-28)42(60)52-35(22-29-23-49-32-17-9-8-16-30(29)32)43(61)50-33(41(59)55-38)18-10-11-19-46/h2-9,12-17,23,26,31,33-38,49,56H,10-11,18-22,24-25,46-47H2,1H3,(H2,48,57)(H,50,61)(H,51,62)(H,52,60)(H,53,63)(H,54,58)(H,55,59)/t26-,31-,33+,34+,35?,36?,37?,38+/m1/s1. The number of benzene rings is 3. The van der Waals surface area contributed by atoms with Crippen LogP contribution in [0.2, 0.25) is 0 Å². The molecule has 0 radical (unpaired) electrons. The molecule has 7 amide bonds. The first kappa shape index (κ1) is 50.1. The second-order valence-corrected chi connectivity index (χ2v) is 18.4. The number of amides is 7. The van der Waals surface area contributed by atoms with E-state index in [2.05, 4.69) is 36.9 Å². The Labute approximate surface area is 384 Å². The van der Waals surface area contributed by atoms with Crippen molar-refractivity contribution >= 4 is 73.8 Å². The number of nitrogens with one attached hydrogen (secondary N) is 7. The Morgan fingerprint density at radius 2 is 1.31 bits per heavy atom. The Balaban J connectivity index is 1.53. The lowest BCUT2D eigenvalue weighted by Crippen LogP contribution is -2.62. The molecule has 20 heteroatoms. The van der Waals surface area contributed by atoms with Crippen LogP contribution in [0, 0.1) is 0 Å². The Morgan fingerprint density at radius 3 is 1.97 bits per heavy atom. The van der Waals surface area contributed by atoms with Gasteiger partial charge in [-0.15, -0.1) is 0 Å². The molecule has 0 aliphatic carbocycles. The van der Waals surface area contributed by atoms with Crippen molar-refractivity contribution in [1.29, 1.82) is 0 Å². The topological polar surface area (TPSA) is 306 Å². The molecule has 1 aromatic heterocycles. The smallest absolute Gasteiger partial charge is 0.245 e. The van der Waals surface area contributed by atoms with Crippen LogP contribution in [-0.4, -0.2) is 118 Å². The van der Waals surface area contributed by atoms with Crippen molar-refractivity contribution in [2.45, 2.75) is 93.8 Å². The van der Waals surface area contributed by atoms with Crippen molar-refractivity contribution in [3.63, 3.8) is 0 Å². The van der Waals surface area contributed by atoms with Gasteiger partial charge in [-0.2, -0.15) is 0 Å². The zero-order valence-electron chi connectivity index (χ0n) is 36.0. The molecule has 3 aromatic carbocycles. The van der Waals surface area contributed by atoms with Gasteiger partial charge in [-0.3, -0.25) is 33.6 Å². The van der Waals surface area contributed by atoms with E-state index in [1.54, 1.807) is 36.5 Å². The van der Waals surface area contributed by atoms with Crippen LogP contribution in [-0.2, 0) is 52.8 Å². The number of carbonyl (C=O) groups is 7. The van der Waals surface area contributed by atoms with E-state index in [4.69, 9.17) is 17.2 Å². The predicted octanol–water partition coefficient (Wildman–Crippen LogP) is -0.178. The van der Waals surface area contributed by atoms with Crippen LogP contribution in [0.15, 0.2) is 91.1 Å². The largest absolute Gasteiger partial charge is 0.391 e. The van der Waals surface area contributed by atoms with E-state index in [0.29, 0.717) is 30.5 Å². The van der Waals surface area contributed by atoms with E-state index < -0.39 is 89.7 Å². The lowest BCUT2D eigenvalue weighted by Gasteiger charge is -2.29. The fourth-order valence-electron chi connectivity index (χ4n) is 7.14. The highest BCUT2D eigenvalue weighted by atomic mass is 33.1. The van der Waals surface area contributed by atoms with Gasteiger partial charge in [0.15, 0.2) is 0 Å². The first-order valence-corrected chi connectivity index (χ1v) is 23.8. The van der Waals surface area contributed by atoms with Gasteiger partial charge in [0.2, 0.25) is 41.4 Å². The van der Waals surface area contributed by atoms with Gasteiger partial charge in [0.05, 0.1) is 12.1 Å². The second kappa shape index (κ2) is 24.9. The monoisotopic (exact) mass is 930 g/mol.